The number of likely N-dealkylation sites (tertiary alicyclic amines) is 1. The van der Waals surface area contributed by atoms with Gasteiger partial charge in [-0.15, -0.1) is 0 Å². The third-order valence-corrected chi connectivity index (χ3v) is 4.63. The second kappa shape index (κ2) is 7.23. The molecule has 1 aliphatic heterocycles. The summed E-state index contributed by atoms with van der Waals surface area (Å²) in [5.74, 6) is 3.08. The first-order chi connectivity index (χ1) is 11.2. The van der Waals surface area contributed by atoms with Gasteiger partial charge in [0.15, 0.2) is 11.5 Å². The van der Waals surface area contributed by atoms with E-state index in [1.165, 1.54) is 0 Å². The van der Waals surface area contributed by atoms with Crippen molar-refractivity contribution in [2.24, 2.45) is 0 Å². The Bertz CT molecular complexity index is 638. The number of benzene rings is 1. The van der Waals surface area contributed by atoms with E-state index < -0.39 is 0 Å². The summed E-state index contributed by atoms with van der Waals surface area (Å²) in [4.78, 5) is 10.0. The first-order valence-electron chi connectivity index (χ1n) is 7.83. The lowest BCUT2D eigenvalue weighted by molar-refractivity contribution is 0.199. The van der Waals surface area contributed by atoms with E-state index in [1.807, 2.05) is 18.5 Å². The van der Waals surface area contributed by atoms with Gasteiger partial charge in [0, 0.05) is 41.5 Å². The lowest BCUT2D eigenvalue weighted by Crippen LogP contribution is -2.32. The molecule has 124 valence electrons. The lowest BCUT2D eigenvalue weighted by atomic mass is 9.96. The van der Waals surface area contributed by atoms with Crippen LogP contribution in [0.3, 0.4) is 0 Å². The zero-order valence-electron chi connectivity index (χ0n) is 13.5. The third-order valence-electron chi connectivity index (χ3n) is 4.41. The van der Waals surface area contributed by atoms with E-state index in [0.717, 1.165) is 49.6 Å². The van der Waals surface area contributed by atoms with Crippen molar-refractivity contribution >= 4 is 11.6 Å². The van der Waals surface area contributed by atoms with Gasteiger partial charge >= 0.3 is 0 Å². The molecule has 3 rings (SSSR count). The van der Waals surface area contributed by atoms with Crippen LogP contribution < -0.4 is 9.47 Å². The van der Waals surface area contributed by atoms with Crippen molar-refractivity contribution in [1.82, 2.24) is 14.9 Å². The van der Waals surface area contributed by atoms with Gasteiger partial charge in [-0.05, 0) is 32.0 Å². The summed E-state index contributed by atoms with van der Waals surface area (Å²) in [7, 11) is 3.30. The molecule has 0 amide bonds. The van der Waals surface area contributed by atoms with Crippen molar-refractivity contribution < 1.29 is 9.47 Å². The normalized spacial score (nSPS) is 16.5. The van der Waals surface area contributed by atoms with Crippen LogP contribution in [0.4, 0.5) is 0 Å². The van der Waals surface area contributed by atoms with Crippen molar-refractivity contribution in [2.75, 3.05) is 27.3 Å². The first kappa shape index (κ1) is 16.1. The summed E-state index contributed by atoms with van der Waals surface area (Å²) < 4.78 is 10.9. The van der Waals surface area contributed by atoms with E-state index in [9.17, 15) is 0 Å². The molecular formula is C17H22ClN3O2. The fraction of sp³-hybridized carbons (Fsp3) is 0.471. The topological polar surface area (TPSA) is 50.4 Å². The quantitative estimate of drug-likeness (QED) is 0.909. The molecule has 0 radical (unpaired) electrons. The summed E-state index contributed by atoms with van der Waals surface area (Å²) in [6.45, 7) is 2.87. The number of methoxy groups -OCH3 is 2. The van der Waals surface area contributed by atoms with Crippen LogP contribution in [0.15, 0.2) is 24.5 Å². The summed E-state index contributed by atoms with van der Waals surface area (Å²) in [6, 6.07) is 3.74. The number of halogens is 1. The van der Waals surface area contributed by atoms with Crippen molar-refractivity contribution in [1.29, 1.82) is 0 Å². The number of imidazole rings is 1. The molecule has 0 aliphatic carbocycles. The molecule has 2 heterocycles. The number of nitrogens with zero attached hydrogens (tertiary/aromatic N) is 2. The molecule has 0 atom stereocenters. The Morgan fingerprint density at radius 2 is 2.04 bits per heavy atom. The van der Waals surface area contributed by atoms with E-state index >= 15 is 0 Å². The zero-order chi connectivity index (χ0) is 16.2. The number of piperidine rings is 1. The average Bonchev–Trinajstić information content (AvgIpc) is 3.09. The molecule has 0 saturated carbocycles. The first-order valence-corrected chi connectivity index (χ1v) is 8.21. The molecule has 1 fully saturated rings. The molecule has 1 aromatic carbocycles. The highest BCUT2D eigenvalue weighted by atomic mass is 35.5. The van der Waals surface area contributed by atoms with E-state index in [-0.39, 0.29) is 0 Å². The monoisotopic (exact) mass is 335 g/mol. The van der Waals surface area contributed by atoms with Gasteiger partial charge in [0.1, 0.15) is 5.82 Å². The summed E-state index contributed by atoms with van der Waals surface area (Å²) in [5.41, 5.74) is 1.06. The highest BCUT2D eigenvalue weighted by molar-refractivity contribution is 6.30. The minimum atomic E-state index is 0.525. The van der Waals surface area contributed by atoms with Gasteiger partial charge in [-0.25, -0.2) is 4.98 Å². The molecular weight excluding hydrogens is 314 g/mol. The van der Waals surface area contributed by atoms with Gasteiger partial charge in [-0.3, -0.25) is 4.90 Å². The van der Waals surface area contributed by atoms with E-state index in [0.29, 0.717) is 16.7 Å². The molecule has 0 unspecified atom stereocenters. The maximum Gasteiger partial charge on any atom is 0.165 e. The van der Waals surface area contributed by atoms with Crippen molar-refractivity contribution in [3.63, 3.8) is 0 Å². The Morgan fingerprint density at radius 3 is 2.65 bits per heavy atom. The zero-order valence-corrected chi connectivity index (χ0v) is 14.3. The Balaban J connectivity index is 1.68. The molecule has 1 aliphatic rings. The summed E-state index contributed by atoms with van der Waals surface area (Å²) in [6.07, 6.45) is 5.93. The van der Waals surface area contributed by atoms with Gasteiger partial charge in [0.2, 0.25) is 0 Å². The summed E-state index contributed by atoms with van der Waals surface area (Å²) >= 11 is 6.20. The van der Waals surface area contributed by atoms with Crippen LogP contribution in [0.5, 0.6) is 11.5 Å². The Labute approximate surface area is 141 Å². The van der Waals surface area contributed by atoms with Crippen LogP contribution in [-0.4, -0.2) is 42.2 Å². The fourth-order valence-corrected chi connectivity index (χ4v) is 3.46. The van der Waals surface area contributed by atoms with E-state index in [1.54, 1.807) is 20.3 Å². The van der Waals surface area contributed by atoms with Crippen LogP contribution in [0.2, 0.25) is 5.02 Å². The number of nitrogens with one attached hydrogen (secondary N) is 1. The number of hydrogen-bond acceptors (Lipinski definition) is 4. The van der Waals surface area contributed by atoms with Gasteiger partial charge in [0.25, 0.3) is 0 Å². The standard InChI is InChI=1S/C17H22ClN3O2/c1-22-15-10-14(18)9-13(16(15)23-2)11-21-7-3-12(4-8-21)17-19-5-6-20-17/h5-6,9-10,12H,3-4,7-8,11H2,1-2H3,(H,19,20). The maximum absolute atomic E-state index is 6.20. The van der Waals surface area contributed by atoms with Gasteiger partial charge in [-0.1, -0.05) is 11.6 Å². The van der Waals surface area contributed by atoms with Crippen LogP contribution in [-0.2, 0) is 6.54 Å². The molecule has 0 bridgehead atoms. The molecule has 1 N–H and O–H groups in total. The van der Waals surface area contributed by atoms with Crippen LogP contribution in [0, 0.1) is 0 Å². The maximum atomic E-state index is 6.20. The van der Waals surface area contributed by atoms with Gasteiger partial charge in [-0.2, -0.15) is 0 Å². The Kier molecular flexibility index (Phi) is 5.08. The Hall–Kier alpha value is -1.72. The average molecular weight is 336 g/mol. The van der Waals surface area contributed by atoms with Gasteiger partial charge in [0.05, 0.1) is 14.2 Å². The minimum absolute atomic E-state index is 0.525. The highest BCUT2D eigenvalue weighted by Crippen LogP contribution is 2.36. The SMILES string of the molecule is COc1cc(Cl)cc(CN2CCC(c3ncc[nH]3)CC2)c1OC. The smallest absolute Gasteiger partial charge is 0.165 e. The largest absolute Gasteiger partial charge is 0.493 e. The predicted molar refractivity (Wildman–Crippen MR) is 90.4 cm³/mol. The fourth-order valence-electron chi connectivity index (χ4n) is 3.23. The number of aromatic amines is 1. The summed E-state index contributed by atoms with van der Waals surface area (Å²) in [5, 5.41) is 0.670. The molecule has 0 spiro atoms. The number of ether oxygens (including phenoxy) is 2. The minimum Gasteiger partial charge on any atom is -0.493 e. The van der Waals surface area contributed by atoms with Crippen molar-refractivity contribution in [2.45, 2.75) is 25.3 Å². The molecule has 1 aromatic heterocycles. The highest BCUT2D eigenvalue weighted by Gasteiger charge is 2.23. The molecule has 5 nitrogen and oxygen atoms in total. The second-order valence-electron chi connectivity index (χ2n) is 5.83. The Morgan fingerprint density at radius 1 is 1.26 bits per heavy atom. The molecule has 1 saturated heterocycles. The number of aromatic nitrogens is 2. The van der Waals surface area contributed by atoms with Crippen LogP contribution >= 0.6 is 11.6 Å². The molecule has 6 heteroatoms. The van der Waals surface area contributed by atoms with Crippen LogP contribution in [0.25, 0.3) is 0 Å². The molecule has 2 aromatic rings. The predicted octanol–water partition coefficient (Wildman–Crippen LogP) is 3.46. The van der Waals surface area contributed by atoms with Crippen molar-refractivity contribution in [3.8, 4) is 11.5 Å². The third kappa shape index (κ3) is 3.62. The second-order valence-corrected chi connectivity index (χ2v) is 6.26. The van der Waals surface area contributed by atoms with E-state index in [4.69, 9.17) is 21.1 Å². The van der Waals surface area contributed by atoms with E-state index in [2.05, 4.69) is 14.9 Å². The molecule has 23 heavy (non-hydrogen) atoms. The van der Waals surface area contributed by atoms with Gasteiger partial charge < -0.3 is 14.5 Å². The number of rotatable bonds is 5. The van der Waals surface area contributed by atoms with Crippen LogP contribution in [0.1, 0.15) is 30.1 Å². The lowest BCUT2D eigenvalue weighted by Gasteiger charge is -2.31. The number of hydrogen-bond donors (Lipinski definition) is 1. The van der Waals surface area contributed by atoms with Crippen molar-refractivity contribution in [3.05, 3.63) is 40.9 Å². The number of H-pyrrole nitrogens is 1.